The largest absolute Gasteiger partial charge is 0.478 e. The predicted molar refractivity (Wildman–Crippen MR) is 121 cm³/mol. The average Bonchev–Trinajstić information content (AvgIpc) is 2.73. The number of aromatic carboxylic acids is 1. The molecule has 0 saturated carbocycles. The number of hydrogen-bond acceptors (Lipinski definition) is 3. The lowest BCUT2D eigenvalue weighted by atomic mass is 9.87. The molecule has 0 aliphatic rings. The van der Waals surface area contributed by atoms with Crippen LogP contribution in [-0.2, 0) is 5.41 Å². The second-order valence-corrected chi connectivity index (χ2v) is 8.20. The third kappa shape index (κ3) is 5.57. The van der Waals surface area contributed by atoms with E-state index in [0.717, 1.165) is 5.56 Å². The molecule has 0 saturated heterocycles. The van der Waals surface area contributed by atoms with E-state index in [1.807, 2.05) is 12.1 Å². The number of carboxylic acid groups (broad SMARTS) is 1. The van der Waals surface area contributed by atoms with Crippen LogP contribution in [0.2, 0.25) is 0 Å². The number of hydrogen-bond donors (Lipinski definition) is 3. The molecule has 3 rings (SSSR count). The van der Waals surface area contributed by atoms with E-state index in [0.29, 0.717) is 16.9 Å². The van der Waals surface area contributed by atoms with Crippen molar-refractivity contribution in [3.8, 4) is 0 Å². The van der Waals surface area contributed by atoms with Gasteiger partial charge in [0.15, 0.2) is 0 Å². The summed E-state index contributed by atoms with van der Waals surface area (Å²) in [5, 5.41) is 14.6. The summed E-state index contributed by atoms with van der Waals surface area (Å²) in [5.74, 6) is -1.79. The van der Waals surface area contributed by atoms with E-state index >= 15 is 0 Å². The minimum atomic E-state index is -1.10. The van der Waals surface area contributed by atoms with E-state index in [1.165, 1.54) is 24.3 Å². The van der Waals surface area contributed by atoms with E-state index in [2.05, 4.69) is 31.4 Å². The summed E-state index contributed by atoms with van der Waals surface area (Å²) < 4.78 is 0. The highest BCUT2D eigenvalue weighted by Crippen LogP contribution is 2.23. The molecule has 0 aliphatic carbocycles. The van der Waals surface area contributed by atoms with Crippen LogP contribution < -0.4 is 10.6 Å². The summed E-state index contributed by atoms with van der Waals surface area (Å²) in [6.45, 7) is 6.33. The molecule has 6 heteroatoms. The number of amides is 2. The molecular formula is C25H24N2O4. The maximum absolute atomic E-state index is 12.6. The van der Waals surface area contributed by atoms with Crippen molar-refractivity contribution in [1.82, 2.24) is 0 Å². The molecule has 0 heterocycles. The normalized spacial score (nSPS) is 10.9. The highest BCUT2D eigenvalue weighted by atomic mass is 16.4. The third-order valence-corrected chi connectivity index (χ3v) is 4.76. The molecule has 0 radical (unpaired) electrons. The minimum absolute atomic E-state index is 0.00548. The van der Waals surface area contributed by atoms with Gasteiger partial charge in [-0.15, -0.1) is 0 Å². The second kappa shape index (κ2) is 8.83. The first kappa shape index (κ1) is 21.8. The lowest BCUT2D eigenvalue weighted by Crippen LogP contribution is -2.15. The van der Waals surface area contributed by atoms with Crippen LogP contribution in [-0.4, -0.2) is 22.9 Å². The highest BCUT2D eigenvalue weighted by Gasteiger charge is 2.15. The predicted octanol–water partition coefficient (Wildman–Crippen LogP) is 5.19. The number of benzene rings is 3. The second-order valence-electron chi connectivity index (χ2n) is 8.20. The van der Waals surface area contributed by atoms with Crippen LogP contribution in [0.5, 0.6) is 0 Å². The summed E-state index contributed by atoms with van der Waals surface area (Å²) >= 11 is 0. The summed E-state index contributed by atoms with van der Waals surface area (Å²) in [7, 11) is 0. The number of carboxylic acids is 1. The molecule has 0 fully saturated rings. The molecule has 0 aliphatic heterocycles. The zero-order chi connectivity index (χ0) is 22.6. The van der Waals surface area contributed by atoms with Crippen LogP contribution in [0.3, 0.4) is 0 Å². The van der Waals surface area contributed by atoms with Crippen LogP contribution in [0.4, 0.5) is 11.4 Å². The Morgan fingerprint density at radius 1 is 0.677 bits per heavy atom. The maximum atomic E-state index is 12.6. The van der Waals surface area contributed by atoms with Crippen molar-refractivity contribution >= 4 is 29.2 Å². The molecule has 2 amide bonds. The number of carbonyl (C=O) groups is 3. The summed E-state index contributed by atoms with van der Waals surface area (Å²) in [6.07, 6.45) is 0. The van der Waals surface area contributed by atoms with Gasteiger partial charge >= 0.3 is 5.97 Å². The van der Waals surface area contributed by atoms with Gasteiger partial charge in [-0.1, -0.05) is 45.0 Å². The first-order valence-corrected chi connectivity index (χ1v) is 9.80. The molecule has 0 spiro atoms. The number of nitrogens with one attached hydrogen (secondary N) is 2. The van der Waals surface area contributed by atoms with E-state index in [4.69, 9.17) is 5.11 Å². The first-order chi connectivity index (χ1) is 14.6. The molecule has 6 nitrogen and oxygen atoms in total. The molecule has 0 atom stereocenters. The SMILES string of the molecule is CC(C)(C)c1ccc(C(=O)Nc2cccc(NC(=O)c3cccc(C(=O)O)c3)c2)cc1. The molecule has 3 aromatic carbocycles. The van der Waals surface area contributed by atoms with Crippen LogP contribution in [0.15, 0.2) is 72.8 Å². The summed E-state index contributed by atoms with van der Waals surface area (Å²) in [4.78, 5) is 36.1. The van der Waals surface area contributed by atoms with E-state index in [9.17, 15) is 14.4 Å². The van der Waals surface area contributed by atoms with Crippen molar-refractivity contribution in [2.24, 2.45) is 0 Å². The van der Waals surface area contributed by atoms with Crippen molar-refractivity contribution in [3.63, 3.8) is 0 Å². The molecule has 0 bridgehead atoms. The monoisotopic (exact) mass is 416 g/mol. The standard InChI is InChI=1S/C25H24N2O4/c1-25(2,3)19-12-10-16(11-13-19)22(28)26-20-8-5-9-21(15-20)27-23(29)17-6-4-7-18(14-17)24(30)31/h4-15H,1-3H3,(H,26,28)(H,27,29)(H,30,31). The molecule has 3 aromatic rings. The van der Waals surface area contributed by atoms with Crippen molar-refractivity contribution in [1.29, 1.82) is 0 Å². The van der Waals surface area contributed by atoms with Gasteiger partial charge in [-0.25, -0.2) is 4.79 Å². The zero-order valence-electron chi connectivity index (χ0n) is 17.6. The molecule has 31 heavy (non-hydrogen) atoms. The summed E-state index contributed by atoms with van der Waals surface area (Å²) in [5.41, 5.74) is 2.95. The maximum Gasteiger partial charge on any atom is 0.335 e. The Balaban J connectivity index is 1.70. The first-order valence-electron chi connectivity index (χ1n) is 9.80. The van der Waals surface area contributed by atoms with Crippen molar-refractivity contribution in [2.75, 3.05) is 10.6 Å². The number of carbonyl (C=O) groups excluding carboxylic acids is 2. The quantitative estimate of drug-likeness (QED) is 0.534. The smallest absolute Gasteiger partial charge is 0.335 e. The topological polar surface area (TPSA) is 95.5 Å². The highest BCUT2D eigenvalue weighted by molar-refractivity contribution is 6.07. The molecule has 0 aromatic heterocycles. The Labute approximate surface area is 180 Å². The van der Waals surface area contributed by atoms with Gasteiger partial charge in [0.2, 0.25) is 0 Å². The van der Waals surface area contributed by atoms with Crippen LogP contribution in [0, 0.1) is 0 Å². The Kier molecular flexibility index (Phi) is 6.20. The van der Waals surface area contributed by atoms with Crippen LogP contribution in [0.1, 0.15) is 57.4 Å². The number of anilines is 2. The Hall–Kier alpha value is -3.93. The molecule has 158 valence electrons. The fourth-order valence-electron chi connectivity index (χ4n) is 3.00. The Bertz CT molecular complexity index is 1130. The van der Waals surface area contributed by atoms with Gasteiger partial charge in [-0.2, -0.15) is 0 Å². The van der Waals surface area contributed by atoms with E-state index in [-0.39, 0.29) is 22.4 Å². The lowest BCUT2D eigenvalue weighted by Gasteiger charge is -2.19. The fraction of sp³-hybridized carbons (Fsp3) is 0.160. The molecule has 3 N–H and O–H groups in total. The van der Waals surface area contributed by atoms with Gasteiger partial charge in [0, 0.05) is 22.5 Å². The van der Waals surface area contributed by atoms with Crippen molar-refractivity contribution in [3.05, 3.63) is 95.1 Å². The molecular weight excluding hydrogens is 392 g/mol. The molecule has 0 unspecified atom stereocenters. The number of rotatable bonds is 5. The van der Waals surface area contributed by atoms with Crippen molar-refractivity contribution < 1.29 is 19.5 Å². The fourth-order valence-corrected chi connectivity index (χ4v) is 3.00. The Morgan fingerprint density at radius 3 is 1.74 bits per heavy atom. The lowest BCUT2D eigenvalue weighted by molar-refractivity contribution is 0.0696. The van der Waals surface area contributed by atoms with Crippen LogP contribution in [0.25, 0.3) is 0 Å². The van der Waals surface area contributed by atoms with Gasteiger partial charge in [0.1, 0.15) is 0 Å². The zero-order valence-corrected chi connectivity index (χ0v) is 17.6. The van der Waals surface area contributed by atoms with E-state index in [1.54, 1.807) is 36.4 Å². The van der Waals surface area contributed by atoms with Gasteiger partial charge in [0.05, 0.1) is 5.56 Å². The van der Waals surface area contributed by atoms with Gasteiger partial charge in [0.25, 0.3) is 11.8 Å². The van der Waals surface area contributed by atoms with E-state index < -0.39 is 11.9 Å². The van der Waals surface area contributed by atoms with Gasteiger partial charge in [-0.05, 0) is 59.5 Å². The Morgan fingerprint density at radius 2 is 1.19 bits per heavy atom. The van der Waals surface area contributed by atoms with Crippen LogP contribution >= 0.6 is 0 Å². The minimum Gasteiger partial charge on any atom is -0.478 e. The average molecular weight is 416 g/mol. The van der Waals surface area contributed by atoms with Crippen molar-refractivity contribution in [2.45, 2.75) is 26.2 Å². The summed E-state index contributed by atoms with van der Waals surface area (Å²) in [6, 6.07) is 20.0. The van der Waals surface area contributed by atoms with Gasteiger partial charge in [-0.3, -0.25) is 9.59 Å². The third-order valence-electron chi connectivity index (χ3n) is 4.76. The van der Waals surface area contributed by atoms with Gasteiger partial charge < -0.3 is 15.7 Å².